The lowest BCUT2D eigenvalue weighted by atomic mass is 10.1. The number of nitrogens with two attached hydrogens (primary N) is 1. The summed E-state index contributed by atoms with van der Waals surface area (Å²) in [5.41, 5.74) is 0.968. The number of sulfonamides is 1. The van der Waals surface area contributed by atoms with E-state index >= 15 is 0 Å². The van der Waals surface area contributed by atoms with Gasteiger partial charge in [-0.2, -0.15) is 0 Å². The Morgan fingerprint density at radius 2 is 1.71 bits per heavy atom. The maximum atomic E-state index is 12.1. The summed E-state index contributed by atoms with van der Waals surface area (Å²) in [5.74, 6) is 0.0689. The Bertz CT molecular complexity index is 737. The second kappa shape index (κ2) is 9.82. The molecule has 2 aliphatic rings. The van der Waals surface area contributed by atoms with E-state index in [1.54, 1.807) is 12.1 Å². The van der Waals surface area contributed by atoms with E-state index in [9.17, 15) is 13.2 Å². The van der Waals surface area contributed by atoms with Crippen LogP contribution in [-0.4, -0.2) is 69.4 Å². The highest BCUT2D eigenvalue weighted by molar-refractivity contribution is 7.89. The van der Waals surface area contributed by atoms with Crippen molar-refractivity contribution in [3.8, 4) is 0 Å². The average Bonchev–Trinajstić information content (AvgIpc) is 3.21. The molecule has 1 heterocycles. The molecule has 1 saturated carbocycles. The fraction of sp³-hybridized carbons (Fsp3) is 0.650. The molecule has 28 heavy (non-hydrogen) atoms. The highest BCUT2D eigenvalue weighted by Gasteiger charge is 2.26. The molecule has 7 nitrogen and oxygen atoms in total. The van der Waals surface area contributed by atoms with Crippen LogP contribution >= 0.6 is 0 Å². The summed E-state index contributed by atoms with van der Waals surface area (Å²) < 4.78 is 22.5. The van der Waals surface area contributed by atoms with Gasteiger partial charge >= 0.3 is 0 Å². The molecule has 156 valence electrons. The maximum absolute atomic E-state index is 12.1. The highest BCUT2D eigenvalue weighted by atomic mass is 32.2. The number of hydrogen-bond acceptors (Lipinski definition) is 5. The van der Waals surface area contributed by atoms with Crippen LogP contribution in [0, 0.1) is 0 Å². The Morgan fingerprint density at radius 3 is 2.32 bits per heavy atom. The van der Waals surface area contributed by atoms with Crippen LogP contribution in [0.2, 0.25) is 0 Å². The molecule has 1 aromatic rings. The lowest BCUT2D eigenvalue weighted by Crippen LogP contribution is -2.50. The van der Waals surface area contributed by atoms with E-state index in [4.69, 9.17) is 5.14 Å². The number of hydrogen-bond donors (Lipinski definition) is 2. The van der Waals surface area contributed by atoms with Gasteiger partial charge in [-0.05, 0) is 37.0 Å². The zero-order valence-electron chi connectivity index (χ0n) is 16.5. The molecule has 0 unspecified atom stereocenters. The maximum Gasteiger partial charge on any atom is 0.238 e. The predicted molar refractivity (Wildman–Crippen MR) is 109 cm³/mol. The molecule has 3 rings (SSSR count). The van der Waals surface area contributed by atoms with Crippen molar-refractivity contribution < 1.29 is 13.2 Å². The van der Waals surface area contributed by atoms with Gasteiger partial charge in [-0.3, -0.25) is 9.69 Å². The molecule has 1 aliphatic heterocycles. The second-order valence-corrected chi connectivity index (χ2v) is 9.42. The number of benzene rings is 1. The number of rotatable bonds is 8. The van der Waals surface area contributed by atoms with E-state index in [0.717, 1.165) is 44.3 Å². The van der Waals surface area contributed by atoms with Gasteiger partial charge in [-0.15, -0.1) is 0 Å². The number of carbonyl (C=O) groups is 1. The second-order valence-electron chi connectivity index (χ2n) is 7.85. The van der Waals surface area contributed by atoms with Crippen molar-refractivity contribution in [2.75, 3.05) is 39.3 Å². The van der Waals surface area contributed by atoms with Crippen molar-refractivity contribution in [3.05, 3.63) is 29.8 Å². The van der Waals surface area contributed by atoms with Crippen LogP contribution < -0.4 is 10.5 Å². The fourth-order valence-electron chi connectivity index (χ4n) is 4.16. The minimum Gasteiger partial charge on any atom is -0.356 e. The van der Waals surface area contributed by atoms with Gasteiger partial charge in [-0.1, -0.05) is 25.0 Å². The lowest BCUT2D eigenvalue weighted by Gasteiger charge is -2.38. The molecule has 0 spiro atoms. The third-order valence-electron chi connectivity index (χ3n) is 5.89. The van der Waals surface area contributed by atoms with E-state index < -0.39 is 10.0 Å². The smallest absolute Gasteiger partial charge is 0.238 e. The third-order valence-corrected chi connectivity index (χ3v) is 6.82. The van der Waals surface area contributed by atoms with Crippen molar-refractivity contribution in [1.82, 2.24) is 15.1 Å². The van der Waals surface area contributed by atoms with E-state index in [1.807, 2.05) is 0 Å². The molecule has 1 aromatic carbocycles. The van der Waals surface area contributed by atoms with E-state index in [1.165, 1.54) is 37.8 Å². The number of nitrogens with zero attached hydrogens (tertiary/aromatic N) is 2. The Hall–Kier alpha value is -1.48. The van der Waals surface area contributed by atoms with Crippen molar-refractivity contribution in [2.24, 2.45) is 5.14 Å². The quantitative estimate of drug-likeness (QED) is 0.668. The van der Waals surface area contributed by atoms with E-state index in [2.05, 4.69) is 15.1 Å². The Labute approximate surface area is 168 Å². The number of piperazine rings is 1. The molecular weight excluding hydrogens is 376 g/mol. The van der Waals surface area contributed by atoms with Crippen LogP contribution in [-0.2, 0) is 21.2 Å². The Balaban J connectivity index is 1.30. The van der Waals surface area contributed by atoms with E-state index in [0.29, 0.717) is 19.4 Å². The molecule has 2 fully saturated rings. The first-order chi connectivity index (χ1) is 13.4. The minimum atomic E-state index is -3.66. The largest absolute Gasteiger partial charge is 0.356 e. The predicted octanol–water partition coefficient (Wildman–Crippen LogP) is 0.943. The van der Waals surface area contributed by atoms with Gasteiger partial charge in [0.2, 0.25) is 15.9 Å². The number of carbonyl (C=O) groups excluding carboxylic acids is 1. The van der Waals surface area contributed by atoms with Crippen LogP contribution in [0.5, 0.6) is 0 Å². The summed E-state index contributed by atoms with van der Waals surface area (Å²) in [6.45, 7) is 5.72. The molecule has 0 bridgehead atoms. The topological polar surface area (TPSA) is 95.7 Å². The summed E-state index contributed by atoms with van der Waals surface area (Å²) in [6.07, 6.45) is 6.65. The molecule has 0 radical (unpaired) electrons. The van der Waals surface area contributed by atoms with Crippen LogP contribution in [0.15, 0.2) is 29.2 Å². The highest BCUT2D eigenvalue weighted by Crippen LogP contribution is 2.24. The molecule has 1 saturated heterocycles. The van der Waals surface area contributed by atoms with Crippen LogP contribution in [0.3, 0.4) is 0 Å². The zero-order valence-corrected chi connectivity index (χ0v) is 17.3. The van der Waals surface area contributed by atoms with Gasteiger partial charge in [0.15, 0.2) is 0 Å². The molecule has 1 amide bonds. The molecule has 0 aromatic heterocycles. The Kier molecular flexibility index (Phi) is 7.45. The first-order valence-corrected chi connectivity index (χ1v) is 11.8. The summed E-state index contributed by atoms with van der Waals surface area (Å²) in [7, 11) is -3.66. The fourth-order valence-corrected chi connectivity index (χ4v) is 4.68. The third kappa shape index (κ3) is 6.27. The van der Waals surface area contributed by atoms with Gasteiger partial charge in [-0.25, -0.2) is 13.6 Å². The van der Waals surface area contributed by atoms with Gasteiger partial charge < -0.3 is 10.2 Å². The van der Waals surface area contributed by atoms with Crippen molar-refractivity contribution in [1.29, 1.82) is 0 Å². The van der Waals surface area contributed by atoms with Crippen LogP contribution in [0.4, 0.5) is 0 Å². The van der Waals surface area contributed by atoms with Gasteiger partial charge in [0.05, 0.1) is 4.90 Å². The normalized spacial score (nSPS) is 19.8. The van der Waals surface area contributed by atoms with Crippen molar-refractivity contribution in [2.45, 2.75) is 49.5 Å². The minimum absolute atomic E-state index is 0.0689. The standard InChI is InChI=1S/C20H32N4O3S/c21-28(26,27)19-7-5-17(6-8-19)9-11-22-20(25)10-12-23-13-15-24(16-14-23)18-3-1-2-4-18/h5-8,18H,1-4,9-16H2,(H,22,25)(H2,21,26,27). The molecular formula is C20H32N4O3S. The first-order valence-electron chi connectivity index (χ1n) is 10.3. The number of nitrogens with one attached hydrogen (secondary N) is 1. The van der Waals surface area contributed by atoms with Gasteiger partial charge in [0.25, 0.3) is 0 Å². The number of primary sulfonamides is 1. The van der Waals surface area contributed by atoms with Gasteiger partial charge in [0, 0.05) is 51.7 Å². The summed E-state index contributed by atoms with van der Waals surface area (Å²) in [6, 6.07) is 7.26. The van der Waals surface area contributed by atoms with Gasteiger partial charge in [0.1, 0.15) is 0 Å². The number of amides is 1. The monoisotopic (exact) mass is 408 g/mol. The summed E-state index contributed by atoms with van der Waals surface area (Å²) >= 11 is 0. The van der Waals surface area contributed by atoms with E-state index in [-0.39, 0.29) is 10.8 Å². The summed E-state index contributed by atoms with van der Waals surface area (Å²) in [5, 5.41) is 8.04. The van der Waals surface area contributed by atoms with Crippen LogP contribution in [0.1, 0.15) is 37.7 Å². The molecule has 0 atom stereocenters. The Morgan fingerprint density at radius 1 is 1.07 bits per heavy atom. The zero-order chi connectivity index (χ0) is 20.0. The van der Waals surface area contributed by atoms with Crippen LogP contribution in [0.25, 0.3) is 0 Å². The molecule has 1 aliphatic carbocycles. The van der Waals surface area contributed by atoms with Crippen molar-refractivity contribution >= 4 is 15.9 Å². The lowest BCUT2D eigenvalue weighted by molar-refractivity contribution is -0.121. The first kappa shape index (κ1) is 21.2. The molecule has 3 N–H and O–H groups in total. The molecule has 8 heteroatoms. The summed E-state index contributed by atoms with van der Waals surface area (Å²) in [4.78, 5) is 17.2. The van der Waals surface area contributed by atoms with Crippen molar-refractivity contribution in [3.63, 3.8) is 0 Å². The SMILES string of the molecule is NS(=O)(=O)c1ccc(CCNC(=O)CCN2CCN(C3CCCC3)CC2)cc1. The average molecular weight is 409 g/mol.